The molecule has 0 heterocycles. The highest BCUT2D eigenvalue weighted by molar-refractivity contribution is 7.39. The molecule has 4 heteroatoms. The lowest BCUT2D eigenvalue weighted by Gasteiger charge is -2.18. The van der Waals surface area contributed by atoms with Crippen molar-refractivity contribution >= 4 is 8.60 Å². The van der Waals surface area contributed by atoms with Gasteiger partial charge in [0.2, 0.25) is 0 Å². The highest BCUT2D eigenvalue weighted by Crippen LogP contribution is 2.30. The van der Waals surface area contributed by atoms with Crippen LogP contribution in [0.5, 0.6) is 0 Å². The maximum atomic E-state index is 8.75. The summed E-state index contributed by atoms with van der Waals surface area (Å²) in [5.41, 5.74) is 2.54. The first kappa shape index (κ1) is 15.1. The fraction of sp³-hybridized carbons (Fsp3) is 0.250. The molecule has 2 rings (SSSR count). The second kappa shape index (κ2) is 8.13. The van der Waals surface area contributed by atoms with Crippen molar-refractivity contribution in [3.05, 3.63) is 71.8 Å². The minimum atomic E-state index is -2.24. The second-order valence-electron chi connectivity index (χ2n) is 4.60. The molecule has 2 aromatic rings. The van der Waals surface area contributed by atoms with E-state index < -0.39 is 8.60 Å². The normalized spacial score (nSPS) is 11.2. The van der Waals surface area contributed by atoms with Crippen LogP contribution in [0.2, 0.25) is 0 Å². The van der Waals surface area contributed by atoms with Crippen molar-refractivity contribution in [2.24, 2.45) is 0 Å². The summed E-state index contributed by atoms with van der Waals surface area (Å²) in [4.78, 5) is 17.5. The van der Waals surface area contributed by atoms with Crippen LogP contribution in [0.15, 0.2) is 60.7 Å². The molecule has 0 aliphatic carbocycles. The third-order valence-electron chi connectivity index (χ3n) is 3.25. The number of hydrogen-bond acceptors (Lipinski definition) is 3. The Balaban J connectivity index is 2.06. The van der Waals surface area contributed by atoms with Gasteiger partial charge in [-0.2, -0.15) is 0 Å². The van der Waals surface area contributed by atoms with E-state index in [1.165, 1.54) is 11.1 Å². The van der Waals surface area contributed by atoms with Crippen molar-refractivity contribution in [1.82, 2.24) is 0 Å². The van der Waals surface area contributed by atoms with Crippen molar-refractivity contribution in [2.45, 2.75) is 18.8 Å². The first-order valence-corrected chi connectivity index (χ1v) is 7.84. The van der Waals surface area contributed by atoms with Gasteiger partial charge >= 0.3 is 8.60 Å². The Morgan fingerprint density at radius 2 is 1.35 bits per heavy atom. The van der Waals surface area contributed by atoms with Gasteiger partial charge in [-0.1, -0.05) is 60.7 Å². The molecule has 20 heavy (non-hydrogen) atoms. The molecule has 0 spiro atoms. The Labute approximate surface area is 120 Å². The Bertz CT molecular complexity index is 448. The van der Waals surface area contributed by atoms with Crippen LogP contribution < -0.4 is 0 Å². The topological polar surface area (TPSA) is 49.7 Å². The molecule has 106 valence electrons. The molecule has 0 amide bonds. The summed E-state index contributed by atoms with van der Waals surface area (Å²) >= 11 is 0. The van der Waals surface area contributed by atoms with Gasteiger partial charge in [-0.05, 0) is 24.0 Å². The van der Waals surface area contributed by atoms with Gasteiger partial charge in [0.15, 0.2) is 0 Å². The summed E-state index contributed by atoms with van der Waals surface area (Å²) in [6.07, 6.45) is 1.70. The van der Waals surface area contributed by atoms with E-state index in [1.54, 1.807) is 0 Å². The summed E-state index contributed by atoms with van der Waals surface area (Å²) in [5.74, 6) is 0.310. The molecule has 0 fully saturated rings. The van der Waals surface area contributed by atoms with Crippen LogP contribution in [0.1, 0.15) is 29.9 Å². The predicted molar refractivity (Wildman–Crippen MR) is 81.3 cm³/mol. The zero-order valence-electron chi connectivity index (χ0n) is 11.2. The maximum absolute atomic E-state index is 8.75. The van der Waals surface area contributed by atoms with E-state index in [0.717, 1.165) is 12.8 Å². The molecular weight excluding hydrogens is 271 g/mol. The Morgan fingerprint density at radius 3 is 1.80 bits per heavy atom. The van der Waals surface area contributed by atoms with E-state index in [2.05, 4.69) is 24.3 Å². The summed E-state index contributed by atoms with van der Waals surface area (Å²) < 4.78 is 4.84. The number of hydrogen-bond donors (Lipinski definition) is 2. The average Bonchev–Trinajstić information content (AvgIpc) is 2.49. The average molecular weight is 290 g/mol. The Hall–Kier alpha value is -1.25. The van der Waals surface area contributed by atoms with Gasteiger partial charge in [0.25, 0.3) is 0 Å². The minimum absolute atomic E-state index is 0.310. The van der Waals surface area contributed by atoms with Crippen LogP contribution in [0.4, 0.5) is 0 Å². The summed E-state index contributed by atoms with van der Waals surface area (Å²) in [6, 6.07) is 20.7. The van der Waals surface area contributed by atoms with Crippen LogP contribution >= 0.6 is 8.60 Å². The fourth-order valence-corrected chi connectivity index (χ4v) is 2.62. The van der Waals surface area contributed by atoms with Crippen molar-refractivity contribution < 1.29 is 14.3 Å². The molecule has 0 radical (unpaired) electrons. The Kier molecular flexibility index (Phi) is 6.16. The lowest BCUT2D eigenvalue weighted by Crippen LogP contribution is -2.03. The van der Waals surface area contributed by atoms with E-state index in [0.29, 0.717) is 12.5 Å². The standard InChI is InChI=1S/C16H19O3P/c17-20(18)19-13-7-12-16(14-8-3-1-4-9-14)15-10-5-2-6-11-15/h1-6,8-11,16-18H,7,12-13H2. The van der Waals surface area contributed by atoms with Crippen molar-refractivity contribution in [2.75, 3.05) is 6.61 Å². The molecule has 0 saturated carbocycles. The highest BCUT2D eigenvalue weighted by atomic mass is 31.2. The lowest BCUT2D eigenvalue weighted by molar-refractivity contribution is 0.248. The SMILES string of the molecule is OP(O)OCCCC(c1ccccc1)c1ccccc1. The van der Waals surface area contributed by atoms with Crippen molar-refractivity contribution in [3.63, 3.8) is 0 Å². The first-order valence-electron chi connectivity index (χ1n) is 6.68. The molecule has 2 aromatic carbocycles. The molecule has 3 nitrogen and oxygen atoms in total. The predicted octanol–water partition coefficient (Wildman–Crippen LogP) is 3.83. The van der Waals surface area contributed by atoms with Crippen LogP contribution in [-0.4, -0.2) is 16.4 Å². The monoisotopic (exact) mass is 290 g/mol. The zero-order chi connectivity index (χ0) is 14.2. The van der Waals surface area contributed by atoms with Crippen molar-refractivity contribution in [1.29, 1.82) is 0 Å². The fourth-order valence-electron chi connectivity index (χ4n) is 2.33. The highest BCUT2D eigenvalue weighted by Gasteiger charge is 2.13. The van der Waals surface area contributed by atoms with E-state index >= 15 is 0 Å². The largest absolute Gasteiger partial charge is 0.328 e. The third-order valence-corrected chi connectivity index (χ3v) is 3.66. The molecule has 0 aliphatic rings. The van der Waals surface area contributed by atoms with Crippen LogP contribution in [0.25, 0.3) is 0 Å². The van der Waals surface area contributed by atoms with Crippen LogP contribution in [0, 0.1) is 0 Å². The maximum Gasteiger partial charge on any atom is 0.327 e. The zero-order valence-corrected chi connectivity index (χ0v) is 12.1. The molecular formula is C16H19O3P. The molecule has 0 unspecified atom stereocenters. The van der Waals surface area contributed by atoms with Gasteiger partial charge in [0.1, 0.15) is 0 Å². The molecule has 0 saturated heterocycles. The molecule has 0 aromatic heterocycles. The summed E-state index contributed by atoms with van der Waals surface area (Å²) in [5, 5.41) is 0. The van der Waals surface area contributed by atoms with Gasteiger partial charge in [-0.25, -0.2) is 0 Å². The summed E-state index contributed by atoms with van der Waals surface area (Å²) in [7, 11) is -2.24. The van der Waals surface area contributed by atoms with Gasteiger partial charge in [-0.15, -0.1) is 0 Å². The molecule has 0 aliphatic heterocycles. The summed E-state index contributed by atoms with van der Waals surface area (Å²) in [6.45, 7) is 0.370. The van der Waals surface area contributed by atoms with E-state index in [-0.39, 0.29) is 0 Å². The van der Waals surface area contributed by atoms with Gasteiger partial charge in [0, 0.05) is 5.92 Å². The van der Waals surface area contributed by atoms with E-state index in [1.807, 2.05) is 36.4 Å². The lowest BCUT2D eigenvalue weighted by atomic mass is 9.88. The smallest absolute Gasteiger partial charge is 0.327 e. The number of benzene rings is 2. The second-order valence-corrected chi connectivity index (χ2v) is 5.37. The van der Waals surface area contributed by atoms with Gasteiger partial charge < -0.3 is 14.3 Å². The van der Waals surface area contributed by atoms with E-state index in [9.17, 15) is 0 Å². The van der Waals surface area contributed by atoms with Crippen molar-refractivity contribution in [3.8, 4) is 0 Å². The molecule has 0 bridgehead atoms. The number of rotatable bonds is 7. The van der Waals surface area contributed by atoms with Crippen LogP contribution in [0.3, 0.4) is 0 Å². The Morgan fingerprint density at radius 1 is 0.850 bits per heavy atom. The van der Waals surface area contributed by atoms with Gasteiger partial charge in [0.05, 0.1) is 6.61 Å². The third kappa shape index (κ3) is 4.69. The molecule has 2 N–H and O–H groups in total. The van der Waals surface area contributed by atoms with Crippen LogP contribution in [-0.2, 0) is 4.52 Å². The first-order chi connectivity index (χ1) is 9.77. The van der Waals surface area contributed by atoms with Gasteiger partial charge in [-0.3, -0.25) is 0 Å². The molecule has 0 atom stereocenters. The van der Waals surface area contributed by atoms with E-state index in [4.69, 9.17) is 14.3 Å². The minimum Gasteiger partial charge on any atom is -0.328 e. The quantitative estimate of drug-likeness (QED) is 0.602.